The molecule has 0 atom stereocenters. The number of nitrogens with zero attached hydrogens (tertiary/aromatic N) is 1. The van der Waals surface area contributed by atoms with E-state index in [2.05, 4.69) is 0 Å². The summed E-state index contributed by atoms with van der Waals surface area (Å²) in [5, 5.41) is 9.08. The van der Waals surface area contributed by atoms with Crippen LogP contribution in [0.4, 0.5) is 0 Å². The summed E-state index contributed by atoms with van der Waals surface area (Å²) in [6, 6.07) is 14.9. The minimum absolute atomic E-state index is 0.119. The first-order valence-corrected chi connectivity index (χ1v) is 8.95. The zero-order valence-corrected chi connectivity index (χ0v) is 15.3. The highest BCUT2D eigenvalue weighted by Crippen LogP contribution is 2.30. The molecule has 0 aliphatic carbocycles. The second kappa shape index (κ2) is 8.58. The molecule has 1 N–H and O–H groups in total. The normalized spacial score (nSPS) is 14.6. The monoisotopic (exact) mass is 369 g/mol. The van der Waals surface area contributed by atoms with E-state index >= 15 is 0 Å². The zero-order valence-electron chi connectivity index (χ0n) is 15.3. The van der Waals surface area contributed by atoms with Crippen molar-refractivity contribution < 1.29 is 24.2 Å². The molecule has 2 aromatic rings. The molecule has 1 amide bonds. The molecule has 0 aromatic heterocycles. The maximum atomic E-state index is 12.7. The van der Waals surface area contributed by atoms with Gasteiger partial charge in [0, 0.05) is 18.7 Å². The van der Waals surface area contributed by atoms with Crippen LogP contribution in [0.15, 0.2) is 48.5 Å². The Bertz CT molecular complexity index is 797. The number of aliphatic carboxylic acids is 1. The number of likely N-dealkylation sites (tertiary alicyclic amines) is 1. The fourth-order valence-corrected chi connectivity index (χ4v) is 3.17. The van der Waals surface area contributed by atoms with Gasteiger partial charge in [-0.3, -0.25) is 9.59 Å². The van der Waals surface area contributed by atoms with Gasteiger partial charge in [0.25, 0.3) is 5.91 Å². The van der Waals surface area contributed by atoms with Crippen LogP contribution in [0.25, 0.3) is 0 Å². The third-order valence-electron chi connectivity index (χ3n) is 4.78. The fraction of sp³-hybridized carbons (Fsp3) is 0.333. The predicted octanol–water partition coefficient (Wildman–Crippen LogP) is 3.21. The summed E-state index contributed by atoms with van der Waals surface area (Å²) in [5.74, 6) is -0.201. The van der Waals surface area contributed by atoms with Gasteiger partial charge in [-0.1, -0.05) is 30.3 Å². The van der Waals surface area contributed by atoms with Crippen molar-refractivity contribution >= 4 is 11.9 Å². The number of rotatable bonds is 6. The van der Waals surface area contributed by atoms with Crippen molar-refractivity contribution in [3.8, 4) is 11.5 Å². The van der Waals surface area contributed by atoms with Crippen LogP contribution >= 0.6 is 0 Å². The van der Waals surface area contributed by atoms with Crippen LogP contribution in [0.1, 0.15) is 28.8 Å². The fourth-order valence-electron chi connectivity index (χ4n) is 3.17. The van der Waals surface area contributed by atoms with Gasteiger partial charge in [-0.25, -0.2) is 0 Å². The smallest absolute Gasteiger partial charge is 0.306 e. The first-order chi connectivity index (χ1) is 13.1. The van der Waals surface area contributed by atoms with Crippen molar-refractivity contribution in [3.63, 3.8) is 0 Å². The predicted molar refractivity (Wildman–Crippen MR) is 100 cm³/mol. The minimum Gasteiger partial charge on any atom is -0.493 e. The van der Waals surface area contributed by atoms with Crippen molar-refractivity contribution in [2.24, 2.45) is 5.92 Å². The first-order valence-electron chi connectivity index (χ1n) is 8.95. The molecule has 2 aromatic carbocycles. The Kier molecular flexibility index (Phi) is 5.96. The molecule has 3 rings (SSSR count). The highest BCUT2D eigenvalue weighted by Gasteiger charge is 2.27. The van der Waals surface area contributed by atoms with Crippen LogP contribution in [-0.2, 0) is 11.4 Å². The molecular weight excluding hydrogens is 346 g/mol. The summed E-state index contributed by atoms with van der Waals surface area (Å²) >= 11 is 0. The number of hydrogen-bond acceptors (Lipinski definition) is 4. The minimum atomic E-state index is -0.788. The molecule has 0 saturated carbocycles. The molecule has 1 fully saturated rings. The Morgan fingerprint density at radius 2 is 1.78 bits per heavy atom. The van der Waals surface area contributed by atoms with Gasteiger partial charge in [-0.05, 0) is 36.6 Å². The maximum absolute atomic E-state index is 12.7. The quantitative estimate of drug-likeness (QED) is 0.846. The maximum Gasteiger partial charge on any atom is 0.306 e. The number of carbonyl (C=O) groups is 2. The number of ether oxygens (including phenoxy) is 2. The lowest BCUT2D eigenvalue weighted by Gasteiger charge is -2.30. The molecule has 6 nitrogen and oxygen atoms in total. The summed E-state index contributed by atoms with van der Waals surface area (Å²) in [4.78, 5) is 25.5. The molecular formula is C21H23NO5. The van der Waals surface area contributed by atoms with E-state index in [0.717, 1.165) is 5.56 Å². The van der Waals surface area contributed by atoms with E-state index < -0.39 is 5.97 Å². The molecule has 1 aliphatic rings. The van der Waals surface area contributed by atoms with Crippen LogP contribution in [0.3, 0.4) is 0 Å². The summed E-state index contributed by atoms with van der Waals surface area (Å²) in [7, 11) is 1.54. The van der Waals surface area contributed by atoms with Gasteiger partial charge < -0.3 is 19.5 Å². The summed E-state index contributed by atoms with van der Waals surface area (Å²) in [6.45, 7) is 1.31. The first kappa shape index (κ1) is 18.8. The van der Waals surface area contributed by atoms with Crippen LogP contribution in [-0.4, -0.2) is 42.1 Å². The SMILES string of the molecule is COc1cc(C(=O)N2CCC(C(=O)O)CC2)ccc1OCc1ccccc1. The Hall–Kier alpha value is -3.02. The number of hydrogen-bond donors (Lipinski definition) is 1. The van der Waals surface area contributed by atoms with Gasteiger partial charge in [-0.15, -0.1) is 0 Å². The molecule has 1 heterocycles. The lowest BCUT2D eigenvalue weighted by atomic mass is 9.96. The van der Waals surface area contributed by atoms with Gasteiger partial charge in [0.05, 0.1) is 13.0 Å². The van der Waals surface area contributed by atoms with Crippen LogP contribution in [0.5, 0.6) is 11.5 Å². The molecule has 142 valence electrons. The third-order valence-corrected chi connectivity index (χ3v) is 4.78. The van der Waals surface area contributed by atoms with Crippen molar-refractivity contribution in [3.05, 3.63) is 59.7 Å². The molecule has 0 unspecified atom stereocenters. The van der Waals surface area contributed by atoms with E-state index in [0.29, 0.717) is 49.6 Å². The Morgan fingerprint density at radius 3 is 2.41 bits per heavy atom. The van der Waals surface area contributed by atoms with E-state index in [1.165, 1.54) is 7.11 Å². The van der Waals surface area contributed by atoms with Crippen LogP contribution in [0, 0.1) is 5.92 Å². The van der Waals surface area contributed by atoms with Crippen molar-refractivity contribution in [1.82, 2.24) is 4.90 Å². The zero-order chi connectivity index (χ0) is 19.2. The molecule has 1 aliphatic heterocycles. The van der Waals surface area contributed by atoms with E-state index in [1.807, 2.05) is 30.3 Å². The van der Waals surface area contributed by atoms with E-state index in [4.69, 9.17) is 14.6 Å². The van der Waals surface area contributed by atoms with Crippen molar-refractivity contribution in [2.45, 2.75) is 19.4 Å². The average molecular weight is 369 g/mol. The molecule has 0 radical (unpaired) electrons. The lowest BCUT2D eigenvalue weighted by Crippen LogP contribution is -2.40. The summed E-state index contributed by atoms with van der Waals surface area (Å²) < 4.78 is 11.2. The van der Waals surface area contributed by atoms with E-state index in [1.54, 1.807) is 23.1 Å². The highest BCUT2D eigenvalue weighted by molar-refractivity contribution is 5.95. The standard InChI is InChI=1S/C21H23NO5/c1-26-19-13-17(20(23)22-11-9-16(10-12-22)21(24)25)7-8-18(19)27-14-15-5-3-2-4-6-15/h2-8,13,16H,9-12,14H2,1H3,(H,24,25). The molecule has 0 bridgehead atoms. The largest absolute Gasteiger partial charge is 0.493 e. The van der Waals surface area contributed by atoms with Gasteiger partial charge >= 0.3 is 5.97 Å². The van der Waals surface area contributed by atoms with Crippen molar-refractivity contribution in [2.75, 3.05) is 20.2 Å². The summed E-state index contributed by atoms with van der Waals surface area (Å²) in [5.41, 5.74) is 1.55. The van der Waals surface area contributed by atoms with Gasteiger partial charge in [0.1, 0.15) is 6.61 Å². The second-order valence-electron chi connectivity index (χ2n) is 6.54. The number of methoxy groups -OCH3 is 1. The molecule has 1 saturated heterocycles. The number of amides is 1. The highest BCUT2D eigenvalue weighted by atomic mass is 16.5. The number of carbonyl (C=O) groups excluding carboxylic acids is 1. The molecule has 6 heteroatoms. The van der Waals surface area contributed by atoms with Gasteiger partial charge in [0.15, 0.2) is 11.5 Å². The topological polar surface area (TPSA) is 76.1 Å². The number of benzene rings is 2. The lowest BCUT2D eigenvalue weighted by molar-refractivity contribution is -0.143. The van der Waals surface area contributed by atoms with Crippen LogP contribution in [0.2, 0.25) is 0 Å². The van der Waals surface area contributed by atoms with Gasteiger partial charge in [0.2, 0.25) is 0 Å². The van der Waals surface area contributed by atoms with E-state index in [-0.39, 0.29) is 11.8 Å². The molecule has 27 heavy (non-hydrogen) atoms. The second-order valence-corrected chi connectivity index (χ2v) is 6.54. The van der Waals surface area contributed by atoms with Gasteiger partial charge in [-0.2, -0.15) is 0 Å². The Balaban J connectivity index is 1.66. The van der Waals surface area contributed by atoms with Crippen molar-refractivity contribution in [1.29, 1.82) is 0 Å². The average Bonchev–Trinajstić information content (AvgIpc) is 2.72. The van der Waals surface area contributed by atoms with E-state index in [9.17, 15) is 9.59 Å². The Morgan fingerprint density at radius 1 is 1.07 bits per heavy atom. The number of piperidine rings is 1. The Labute approximate surface area is 158 Å². The van der Waals surface area contributed by atoms with Crippen LogP contribution < -0.4 is 9.47 Å². The number of carboxylic acids is 1. The number of carboxylic acid groups (broad SMARTS) is 1. The third kappa shape index (κ3) is 4.58. The summed E-state index contributed by atoms with van der Waals surface area (Å²) in [6.07, 6.45) is 0.965. The molecule has 0 spiro atoms.